The third-order valence-corrected chi connectivity index (χ3v) is 3.86. The molecule has 0 aromatic carbocycles. The van der Waals surface area contributed by atoms with Crippen molar-refractivity contribution < 1.29 is 0 Å². The molecule has 19 heavy (non-hydrogen) atoms. The summed E-state index contributed by atoms with van der Waals surface area (Å²) in [7, 11) is 2.02. The summed E-state index contributed by atoms with van der Waals surface area (Å²) >= 11 is 7.49. The topological polar surface area (TPSA) is 66.0 Å². The van der Waals surface area contributed by atoms with Crippen LogP contribution in [0.25, 0.3) is 0 Å². The van der Waals surface area contributed by atoms with Crippen molar-refractivity contribution in [2.24, 2.45) is 5.73 Å². The highest BCUT2D eigenvalue weighted by molar-refractivity contribution is 7.16. The fourth-order valence-corrected chi connectivity index (χ4v) is 3.03. The second kappa shape index (κ2) is 6.14. The van der Waals surface area contributed by atoms with Crippen LogP contribution >= 0.6 is 22.9 Å². The summed E-state index contributed by atoms with van der Waals surface area (Å²) in [5.74, 6) is 0.00293. The van der Waals surface area contributed by atoms with Crippen LogP contribution in [0.1, 0.15) is 16.1 Å². The van der Waals surface area contributed by atoms with Crippen LogP contribution in [0.15, 0.2) is 30.5 Å². The number of hydrogen-bond acceptors (Lipinski definition) is 4. The molecule has 0 amide bonds. The highest BCUT2D eigenvalue weighted by atomic mass is 35.5. The molecule has 0 saturated carbocycles. The van der Waals surface area contributed by atoms with Crippen molar-refractivity contribution in [3.05, 3.63) is 50.9 Å². The van der Waals surface area contributed by atoms with E-state index in [0.29, 0.717) is 12.2 Å². The van der Waals surface area contributed by atoms with E-state index in [-0.39, 0.29) is 5.84 Å². The summed E-state index contributed by atoms with van der Waals surface area (Å²) < 4.78 is 0.800. The van der Waals surface area contributed by atoms with E-state index in [1.165, 1.54) is 4.88 Å². The Bertz CT molecular complexity index is 582. The zero-order valence-corrected chi connectivity index (χ0v) is 12.1. The van der Waals surface area contributed by atoms with E-state index < -0.39 is 0 Å². The van der Waals surface area contributed by atoms with Gasteiger partial charge in [-0.1, -0.05) is 17.7 Å². The first-order chi connectivity index (χ1) is 9.06. The van der Waals surface area contributed by atoms with E-state index in [4.69, 9.17) is 22.7 Å². The van der Waals surface area contributed by atoms with E-state index in [9.17, 15) is 0 Å². The lowest BCUT2D eigenvalue weighted by molar-refractivity contribution is 0.321. The average molecular weight is 295 g/mol. The zero-order chi connectivity index (χ0) is 13.8. The van der Waals surface area contributed by atoms with Gasteiger partial charge in [0, 0.05) is 24.2 Å². The fourth-order valence-electron chi connectivity index (χ4n) is 1.86. The van der Waals surface area contributed by atoms with Gasteiger partial charge in [0.2, 0.25) is 0 Å². The summed E-state index contributed by atoms with van der Waals surface area (Å²) in [4.78, 5) is 7.50. The molecule has 0 saturated heterocycles. The largest absolute Gasteiger partial charge is 0.382 e. The Morgan fingerprint density at radius 3 is 2.84 bits per heavy atom. The maximum Gasteiger partial charge on any atom is 0.142 e. The lowest BCUT2D eigenvalue weighted by Gasteiger charge is -2.17. The molecule has 0 atom stereocenters. The first kappa shape index (κ1) is 14.0. The Balaban J connectivity index is 2.06. The molecule has 0 unspecified atom stereocenters. The lowest BCUT2D eigenvalue weighted by Crippen LogP contribution is -2.21. The van der Waals surface area contributed by atoms with Crippen LogP contribution in [0.2, 0.25) is 4.34 Å². The number of aromatic nitrogens is 1. The van der Waals surface area contributed by atoms with E-state index >= 15 is 0 Å². The van der Waals surface area contributed by atoms with Crippen molar-refractivity contribution in [1.29, 1.82) is 5.41 Å². The minimum atomic E-state index is 0.00293. The van der Waals surface area contributed by atoms with Crippen LogP contribution in [0.4, 0.5) is 0 Å². The quantitative estimate of drug-likeness (QED) is 0.658. The molecular formula is C13H15ClN4S. The van der Waals surface area contributed by atoms with Crippen molar-refractivity contribution in [3.63, 3.8) is 0 Å². The Labute approximate surface area is 121 Å². The van der Waals surface area contributed by atoms with Crippen LogP contribution in [0.5, 0.6) is 0 Å². The number of amidine groups is 1. The van der Waals surface area contributed by atoms with Gasteiger partial charge in [-0.15, -0.1) is 11.3 Å². The van der Waals surface area contributed by atoms with Crippen molar-refractivity contribution in [3.8, 4) is 0 Å². The molecule has 0 bridgehead atoms. The molecule has 2 aromatic heterocycles. The maximum atomic E-state index is 7.53. The maximum absolute atomic E-state index is 7.53. The van der Waals surface area contributed by atoms with Gasteiger partial charge in [0.15, 0.2) is 0 Å². The molecule has 0 radical (unpaired) electrons. The van der Waals surface area contributed by atoms with Crippen molar-refractivity contribution >= 4 is 28.8 Å². The van der Waals surface area contributed by atoms with Crippen LogP contribution in [0.3, 0.4) is 0 Å². The molecule has 2 rings (SSSR count). The van der Waals surface area contributed by atoms with Crippen LogP contribution < -0.4 is 5.73 Å². The number of rotatable bonds is 5. The summed E-state index contributed by atoms with van der Waals surface area (Å²) in [5.41, 5.74) is 7.05. The van der Waals surface area contributed by atoms with Gasteiger partial charge in [-0.05, 0) is 30.8 Å². The number of halogens is 1. The predicted molar refractivity (Wildman–Crippen MR) is 79.8 cm³/mol. The third-order valence-electron chi connectivity index (χ3n) is 2.64. The summed E-state index contributed by atoms with van der Waals surface area (Å²) in [6.45, 7) is 1.50. The number of nitrogens with one attached hydrogen (secondary N) is 1. The smallest absolute Gasteiger partial charge is 0.142 e. The number of hydrogen-bond donors (Lipinski definition) is 2. The first-order valence-corrected chi connectivity index (χ1v) is 6.96. The first-order valence-electron chi connectivity index (χ1n) is 5.77. The second-order valence-corrected chi connectivity index (χ2v) is 6.10. The predicted octanol–water partition coefficient (Wildman–Crippen LogP) is 2.71. The van der Waals surface area contributed by atoms with Gasteiger partial charge in [-0.2, -0.15) is 0 Å². The minimum absolute atomic E-state index is 0.00293. The number of nitrogen functional groups attached to an aromatic ring is 1. The molecule has 3 N–H and O–H groups in total. The highest BCUT2D eigenvalue weighted by Gasteiger charge is 2.10. The van der Waals surface area contributed by atoms with Gasteiger partial charge < -0.3 is 5.73 Å². The molecule has 100 valence electrons. The molecule has 0 spiro atoms. The van der Waals surface area contributed by atoms with Gasteiger partial charge >= 0.3 is 0 Å². The normalized spacial score (nSPS) is 10.9. The summed E-state index contributed by atoms with van der Waals surface area (Å²) in [6, 6.07) is 7.73. The lowest BCUT2D eigenvalue weighted by atomic mass is 10.1. The van der Waals surface area contributed by atoms with Crippen molar-refractivity contribution in [1.82, 2.24) is 9.88 Å². The van der Waals surface area contributed by atoms with Crippen molar-refractivity contribution in [2.75, 3.05) is 7.05 Å². The third kappa shape index (κ3) is 3.76. The zero-order valence-electron chi connectivity index (χ0n) is 10.6. The summed E-state index contributed by atoms with van der Waals surface area (Å²) in [5, 5.41) is 7.53. The van der Waals surface area contributed by atoms with Gasteiger partial charge in [0.05, 0.1) is 4.34 Å². The standard InChI is InChI=1S/C13H15ClN4S/c1-18(8-10-4-5-11(14)19-10)7-9-3-2-6-17-12(9)13(15)16/h2-6H,7-8H2,1H3,(H3,15,16). The average Bonchev–Trinajstić information content (AvgIpc) is 2.75. The highest BCUT2D eigenvalue weighted by Crippen LogP contribution is 2.23. The molecule has 2 aromatic rings. The Morgan fingerprint density at radius 1 is 1.42 bits per heavy atom. The molecule has 4 nitrogen and oxygen atoms in total. The van der Waals surface area contributed by atoms with Gasteiger partial charge in [-0.25, -0.2) is 0 Å². The van der Waals surface area contributed by atoms with Crippen LogP contribution in [-0.4, -0.2) is 22.8 Å². The molecule has 0 fully saturated rings. The SMILES string of the molecule is CN(Cc1ccc(Cl)s1)Cc1cccnc1C(=N)N. The molecule has 0 aliphatic heterocycles. The molecule has 0 aliphatic carbocycles. The van der Waals surface area contributed by atoms with Crippen LogP contribution in [0, 0.1) is 5.41 Å². The van der Waals surface area contributed by atoms with Gasteiger partial charge in [0.25, 0.3) is 0 Å². The monoisotopic (exact) mass is 294 g/mol. The van der Waals surface area contributed by atoms with E-state index in [2.05, 4.69) is 9.88 Å². The van der Waals surface area contributed by atoms with E-state index in [1.807, 2.05) is 31.3 Å². The Kier molecular flexibility index (Phi) is 4.52. The van der Waals surface area contributed by atoms with E-state index in [0.717, 1.165) is 16.4 Å². The van der Waals surface area contributed by atoms with Crippen molar-refractivity contribution in [2.45, 2.75) is 13.1 Å². The summed E-state index contributed by atoms with van der Waals surface area (Å²) in [6.07, 6.45) is 1.65. The van der Waals surface area contributed by atoms with Gasteiger partial charge in [-0.3, -0.25) is 15.3 Å². The number of pyridine rings is 1. The molecule has 0 aliphatic rings. The second-order valence-electron chi connectivity index (χ2n) is 4.30. The van der Waals surface area contributed by atoms with E-state index in [1.54, 1.807) is 17.5 Å². The Hall–Kier alpha value is -1.43. The molecule has 2 heterocycles. The number of nitrogens with zero attached hydrogens (tertiary/aromatic N) is 2. The molecule has 6 heteroatoms. The number of thiophene rings is 1. The number of nitrogens with two attached hydrogens (primary N) is 1. The molecular weight excluding hydrogens is 280 g/mol. The Morgan fingerprint density at radius 2 is 2.21 bits per heavy atom. The fraction of sp³-hybridized carbons (Fsp3) is 0.231. The van der Waals surface area contributed by atoms with Crippen LogP contribution in [-0.2, 0) is 13.1 Å². The minimum Gasteiger partial charge on any atom is -0.382 e. The van der Waals surface area contributed by atoms with Gasteiger partial charge in [0.1, 0.15) is 11.5 Å².